The van der Waals surface area contributed by atoms with Crippen molar-refractivity contribution < 1.29 is 13.6 Å². The van der Waals surface area contributed by atoms with Gasteiger partial charge in [-0.3, -0.25) is 4.79 Å². The second kappa shape index (κ2) is 7.26. The maximum atomic E-state index is 12.4. The first-order valence-electron chi connectivity index (χ1n) is 5.04. The summed E-state index contributed by atoms with van der Waals surface area (Å²) in [6.45, 7) is -0.459. The molecule has 0 heterocycles. The summed E-state index contributed by atoms with van der Waals surface area (Å²) in [6.07, 6.45) is -2.59. The van der Waals surface area contributed by atoms with Gasteiger partial charge in [0.1, 0.15) is 0 Å². The van der Waals surface area contributed by atoms with Crippen molar-refractivity contribution in [2.45, 2.75) is 6.43 Å². The number of amides is 1. The molecule has 0 aromatic heterocycles. The SMILES string of the molecule is O=C(c1cc(Cl)ccc1Cl)N(CCBr)CC(F)F. The van der Waals surface area contributed by atoms with Gasteiger partial charge in [0, 0.05) is 16.9 Å². The van der Waals surface area contributed by atoms with Gasteiger partial charge < -0.3 is 4.90 Å². The quantitative estimate of drug-likeness (QED) is 0.724. The summed E-state index contributed by atoms with van der Waals surface area (Å²) in [5, 5.41) is 0.931. The summed E-state index contributed by atoms with van der Waals surface area (Å²) in [5.41, 5.74) is 0.130. The van der Waals surface area contributed by atoms with Crippen LogP contribution in [0.15, 0.2) is 18.2 Å². The standard InChI is InChI=1S/C11H10BrCl2F2NO/c12-3-4-17(6-10(15)16)11(18)8-5-7(13)1-2-9(8)14/h1-2,5,10H,3-4,6H2. The van der Waals surface area contributed by atoms with E-state index in [0.717, 1.165) is 4.90 Å². The van der Waals surface area contributed by atoms with Gasteiger partial charge in [0.15, 0.2) is 0 Å². The van der Waals surface area contributed by atoms with Crippen LogP contribution in [-0.4, -0.2) is 35.7 Å². The number of rotatable bonds is 5. The molecule has 1 aromatic rings. The minimum absolute atomic E-state index is 0.130. The van der Waals surface area contributed by atoms with Crippen molar-refractivity contribution in [3.8, 4) is 0 Å². The molecule has 0 bridgehead atoms. The fraction of sp³-hybridized carbons (Fsp3) is 0.364. The Hall–Kier alpha value is -0.390. The Balaban J connectivity index is 2.97. The van der Waals surface area contributed by atoms with E-state index in [9.17, 15) is 13.6 Å². The Morgan fingerprint density at radius 2 is 2.06 bits per heavy atom. The lowest BCUT2D eigenvalue weighted by molar-refractivity contribution is 0.0572. The van der Waals surface area contributed by atoms with E-state index in [1.165, 1.54) is 18.2 Å². The van der Waals surface area contributed by atoms with Crippen LogP contribution in [0, 0.1) is 0 Å². The van der Waals surface area contributed by atoms with Crippen molar-refractivity contribution in [1.29, 1.82) is 0 Å². The smallest absolute Gasteiger partial charge is 0.255 e. The topological polar surface area (TPSA) is 20.3 Å². The second-order valence-corrected chi connectivity index (χ2v) is 5.09. The molecule has 0 N–H and O–H groups in total. The molecule has 0 aliphatic carbocycles. The van der Waals surface area contributed by atoms with Gasteiger partial charge in [0.25, 0.3) is 12.3 Å². The first-order chi connectivity index (χ1) is 8.45. The number of alkyl halides is 3. The van der Waals surface area contributed by atoms with Crippen LogP contribution in [0.4, 0.5) is 8.78 Å². The molecule has 0 saturated carbocycles. The first kappa shape index (κ1) is 15.7. The summed E-state index contributed by atoms with van der Waals surface area (Å²) >= 11 is 14.7. The van der Waals surface area contributed by atoms with Gasteiger partial charge in [-0.05, 0) is 18.2 Å². The Kier molecular flexibility index (Phi) is 6.32. The van der Waals surface area contributed by atoms with E-state index >= 15 is 0 Å². The highest BCUT2D eigenvalue weighted by atomic mass is 79.9. The van der Waals surface area contributed by atoms with Gasteiger partial charge in [-0.2, -0.15) is 0 Å². The second-order valence-electron chi connectivity index (χ2n) is 3.46. The van der Waals surface area contributed by atoms with Crippen LogP contribution in [0.3, 0.4) is 0 Å². The Bertz CT molecular complexity index is 432. The molecule has 1 aromatic carbocycles. The van der Waals surface area contributed by atoms with Gasteiger partial charge in [-0.25, -0.2) is 8.78 Å². The first-order valence-corrected chi connectivity index (χ1v) is 6.92. The Morgan fingerprint density at radius 3 is 2.61 bits per heavy atom. The van der Waals surface area contributed by atoms with E-state index in [1.54, 1.807) is 0 Å². The molecule has 0 atom stereocenters. The predicted molar refractivity (Wildman–Crippen MR) is 72.2 cm³/mol. The van der Waals surface area contributed by atoms with E-state index in [-0.39, 0.29) is 17.1 Å². The van der Waals surface area contributed by atoms with Gasteiger partial charge in [0.2, 0.25) is 0 Å². The minimum atomic E-state index is -2.59. The molecular weight excluding hydrogens is 351 g/mol. The third-order valence-electron chi connectivity index (χ3n) is 2.16. The van der Waals surface area contributed by atoms with E-state index in [0.29, 0.717) is 10.4 Å². The van der Waals surface area contributed by atoms with Crippen molar-refractivity contribution >= 4 is 45.0 Å². The molecule has 18 heavy (non-hydrogen) atoms. The number of carbonyl (C=O) groups excluding carboxylic acids is 1. The maximum absolute atomic E-state index is 12.4. The number of halogens is 5. The van der Waals surface area contributed by atoms with E-state index < -0.39 is 18.9 Å². The zero-order valence-corrected chi connectivity index (χ0v) is 12.3. The van der Waals surface area contributed by atoms with Gasteiger partial charge in [-0.1, -0.05) is 39.1 Å². The van der Waals surface area contributed by atoms with E-state index in [2.05, 4.69) is 15.9 Å². The molecule has 0 fully saturated rings. The lowest BCUT2D eigenvalue weighted by Crippen LogP contribution is -2.36. The average Bonchev–Trinajstić information content (AvgIpc) is 2.30. The number of nitrogens with zero attached hydrogens (tertiary/aromatic N) is 1. The molecule has 0 aliphatic heterocycles. The van der Waals surface area contributed by atoms with E-state index in [1.807, 2.05) is 0 Å². The summed E-state index contributed by atoms with van der Waals surface area (Å²) < 4.78 is 24.8. The number of benzene rings is 1. The number of hydrogen-bond acceptors (Lipinski definition) is 1. The molecule has 0 aliphatic rings. The highest BCUT2D eigenvalue weighted by Crippen LogP contribution is 2.22. The molecular formula is C11H10BrCl2F2NO. The molecule has 0 radical (unpaired) electrons. The fourth-order valence-corrected chi connectivity index (χ4v) is 2.17. The summed E-state index contributed by atoms with van der Waals surface area (Å²) in [6, 6.07) is 4.37. The summed E-state index contributed by atoms with van der Waals surface area (Å²) in [5.74, 6) is -0.553. The minimum Gasteiger partial charge on any atom is -0.332 e. The Labute approximate surface area is 122 Å². The average molecular weight is 361 g/mol. The lowest BCUT2D eigenvalue weighted by Gasteiger charge is -2.21. The molecule has 1 rings (SSSR count). The van der Waals surface area contributed by atoms with Crippen LogP contribution < -0.4 is 0 Å². The van der Waals surface area contributed by atoms with Gasteiger partial charge in [0.05, 0.1) is 17.1 Å². The maximum Gasteiger partial charge on any atom is 0.255 e. The van der Waals surface area contributed by atoms with Gasteiger partial charge in [-0.15, -0.1) is 0 Å². The zero-order valence-electron chi connectivity index (χ0n) is 9.18. The molecule has 1 amide bonds. The zero-order chi connectivity index (χ0) is 13.7. The van der Waals surface area contributed by atoms with Crippen LogP contribution in [0.1, 0.15) is 10.4 Å². The fourth-order valence-electron chi connectivity index (χ4n) is 1.38. The third kappa shape index (κ3) is 4.37. The monoisotopic (exact) mass is 359 g/mol. The van der Waals surface area contributed by atoms with Crippen molar-refractivity contribution in [2.75, 3.05) is 18.4 Å². The van der Waals surface area contributed by atoms with Gasteiger partial charge >= 0.3 is 0 Å². The largest absolute Gasteiger partial charge is 0.332 e. The summed E-state index contributed by atoms with van der Waals surface area (Å²) in [4.78, 5) is 13.1. The predicted octanol–water partition coefficient (Wildman–Crippen LogP) is 4.10. The number of carbonyl (C=O) groups is 1. The molecule has 0 unspecified atom stereocenters. The van der Waals surface area contributed by atoms with E-state index in [4.69, 9.17) is 23.2 Å². The molecule has 7 heteroatoms. The van der Waals surface area contributed by atoms with Crippen molar-refractivity contribution in [3.63, 3.8) is 0 Å². The van der Waals surface area contributed by atoms with Crippen molar-refractivity contribution in [1.82, 2.24) is 4.90 Å². The van der Waals surface area contributed by atoms with Crippen LogP contribution in [0.5, 0.6) is 0 Å². The lowest BCUT2D eigenvalue weighted by atomic mass is 10.2. The molecule has 2 nitrogen and oxygen atoms in total. The third-order valence-corrected chi connectivity index (χ3v) is 3.08. The normalized spacial score (nSPS) is 10.8. The van der Waals surface area contributed by atoms with Crippen molar-refractivity contribution in [3.05, 3.63) is 33.8 Å². The van der Waals surface area contributed by atoms with Crippen molar-refractivity contribution in [2.24, 2.45) is 0 Å². The highest BCUT2D eigenvalue weighted by Gasteiger charge is 2.21. The highest BCUT2D eigenvalue weighted by molar-refractivity contribution is 9.09. The van der Waals surface area contributed by atoms with Crippen LogP contribution in [0.25, 0.3) is 0 Å². The molecule has 0 saturated heterocycles. The summed E-state index contributed by atoms with van der Waals surface area (Å²) in [7, 11) is 0. The van der Waals surface area contributed by atoms with Crippen LogP contribution >= 0.6 is 39.1 Å². The molecule has 0 spiro atoms. The molecule has 100 valence electrons. The van der Waals surface area contributed by atoms with Crippen LogP contribution in [-0.2, 0) is 0 Å². The Morgan fingerprint density at radius 1 is 1.39 bits per heavy atom. The number of hydrogen-bond donors (Lipinski definition) is 0. The van der Waals surface area contributed by atoms with Crippen LogP contribution in [0.2, 0.25) is 10.0 Å².